The van der Waals surface area contributed by atoms with E-state index in [0.717, 1.165) is 5.69 Å². The average molecular weight is 291 g/mol. The quantitative estimate of drug-likeness (QED) is 0.869. The Bertz CT molecular complexity index is 622. The molecular weight excluding hydrogens is 278 g/mol. The molecule has 0 saturated heterocycles. The summed E-state index contributed by atoms with van der Waals surface area (Å²) in [6.07, 6.45) is 1.60. The van der Waals surface area contributed by atoms with Crippen LogP contribution in [0.15, 0.2) is 23.7 Å². The van der Waals surface area contributed by atoms with Crippen molar-refractivity contribution in [1.29, 1.82) is 0 Å². The van der Waals surface area contributed by atoms with Gasteiger partial charge in [0.25, 0.3) is 5.91 Å². The van der Waals surface area contributed by atoms with E-state index in [1.807, 2.05) is 6.92 Å². The number of anilines is 1. The zero-order chi connectivity index (χ0) is 14.5. The van der Waals surface area contributed by atoms with Crippen molar-refractivity contribution in [3.8, 4) is 0 Å². The lowest BCUT2D eigenvalue weighted by Crippen LogP contribution is -2.12. The summed E-state index contributed by atoms with van der Waals surface area (Å²) in [6, 6.07) is 3.46. The number of nitrogens with one attached hydrogen (secondary N) is 1. The molecule has 104 valence electrons. The molecule has 0 unspecified atom stereocenters. The molecule has 1 amide bonds. The summed E-state index contributed by atoms with van der Waals surface area (Å²) in [6.45, 7) is 1.85. The number of carbonyl (C=O) groups is 2. The predicted molar refractivity (Wildman–Crippen MR) is 74.8 cm³/mol. The number of aromatic nitrogens is 2. The number of nitrogens with zero attached hydrogens (tertiary/aromatic N) is 2. The molecule has 0 aliphatic rings. The van der Waals surface area contributed by atoms with Crippen LogP contribution < -0.4 is 5.32 Å². The third kappa shape index (κ3) is 3.61. The van der Waals surface area contributed by atoms with Crippen molar-refractivity contribution in [3.05, 3.63) is 40.7 Å². The molecule has 0 radical (unpaired) electrons. The highest BCUT2D eigenvalue weighted by Gasteiger charge is 2.11. The van der Waals surface area contributed by atoms with Crippen molar-refractivity contribution in [1.82, 2.24) is 9.97 Å². The molecule has 20 heavy (non-hydrogen) atoms. The Labute approximate surface area is 119 Å². The van der Waals surface area contributed by atoms with E-state index < -0.39 is 0 Å². The Kier molecular flexibility index (Phi) is 4.41. The van der Waals surface area contributed by atoms with E-state index in [4.69, 9.17) is 0 Å². The van der Waals surface area contributed by atoms with Crippen LogP contribution in [0.2, 0.25) is 0 Å². The van der Waals surface area contributed by atoms with E-state index >= 15 is 0 Å². The van der Waals surface area contributed by atoms with Crippen LogP contribution >= 0.6 is 11.3 Å². The van der Waals surface area contributed by atoms with Crippen molar-refractivity contribution < 1.29 is 14.3 Å². The monoisotopic (exact) mass is 291 g/mol. The molecule has 0 aliphatic heterocycles. The molecule has 0 saturated carbocycles. The largest absolute Gasteiger partial charge is 0.469 e. The number of aryl methyl sites for hydroxylation is 1. The second kappa shape index (κ2) is 6.25. The van der Waals surface area contributed by atoms with Crippen molar-refractivity contribution in [2.45, 2.75) is 13.3 Å². The highest BCUT2D eigenvalue weighted by atomic mass is 32.1. The first kappa shape index (κ1) is 14.1. The van der Waals surface area contributed by atoms with Gasteiger partial charge in [-0.1, -0.05) is 0 Å². The van der Waals surface area contributed by atoms with Crippen molar-refractivity contribution in [2.24, 2.45) is 0 Å². The molecule has 0 spiro atoms. The molecule has 2 aromatic rings. The standard InChI is InChI=1S/C13H13N3O3S/c1-8-3-4-9(6-14-8)12(18)16-13-15-10(7-20-13)5-11(17)19-2/h3-4,6-7H,5H2,1-2H3,(H,15,16,18). The lowest BCUT2D eigenvalue weighted by Gasteiger charge is -2.01. The lowest BCUT2D eigenvalue weighted by atomic mass is 10.2. The molecule has 2 rings (SSSR count). The maximum Gasteiger partial charge on any atom is 0.311 e. The average Bonchev–Trinajstić information content (AvgIpc) is 2.86. The Morgan fingerprint density at radius 3 is 2.85 bits per heavy atom. The van der Waals surface area contributed by atoms with Gasteiger partial charge in [0.2, 0.25) is 0 Å². The zero-order valence-electron chi connectivity index (χ0n) is 11.0. The third-order valence-corrected chi connectivity index (χ3v) is 3.31. The van der Waals surface area contributed by atoms with Crippen LogP contribution in [-0.2, 0) is 16.0 Å². The van der Waals surface area contributed by atoms with Gasteiger partial charge >= 0.3 is 5.97 Å². The number of hydrogen-bond acceptors (Lipinski definition) is 6. The minimum absolute atomic E-state index is 0.0922. The third-order valence-electron chi connectivity index (χ3n) is 2.50. The van der Waals surface area contributed by atoms with Crippen molar-refractivity contribution in [3.63, 3.8) is 0 Å². The number of esters is 1. The molecule has 0 atom stereocenters. The van der Waals surface area contributed by atoms with Crippen LogP contribution in [-0.4, -0.2) is 29.0 Å². The first-order valence-corrected chi connectivity index (χ1v) is 6.71. The highest BCUT2D eigenvalue weighted by molar-refractivity contribution is 7.14. The van der Waals surface area contributed by atoms with Crippen LogP contribution in [0.25, 0.3) is 0 Å². The molecule has 0 aliphatic carbocycles. The summed E-state index contributed by atoms with van der Waals surface area (Å²) in [5, 5.41) is 4.81. The Morgan fingerprint density at radius 1 is 1.40 bits per heavy atom. The molecule has 0 fully saturated rings. The second-order valence-corrected chi connectivity index (χ2v) is 4.90. The number of methoxy groups -OCH3 is 1. The van der Waals surface area contributed by atoms with Crippen LogP contribution in [0.4, 0.5) is 5.13 Å². The Balaban J connectivity index is 2.01. The minimum atomic E-state index is -0.365. The van der Waals surface area contributed by atoms with E-state index in [1.165, 1.54) is 24.6 Å². The van der Waals surface area contributed by atoms with Gasteiger partial charge in [-0.05, 0) is 19.1 Å². The SMILES string of the molecule is COC(=O)Cc1csc(NC(=O)c2ccc(C)nc2)n1. The minimum Gasteiger partial charge on any atom is -0.469 e. The van der Waals surface area contributed by atoms with Crippen LogP contribution in [0.1, 0.15) is 21.7 Å². The summed E-state index contributed by atoms with van der Waals surface area (Å²) < 4.78 is 4.56. The van der Waals surface area contributed by atoms with Gasteiger partial charge in [-0.2, -0.15) is 0 Å². The van der Waals surface area contributed by atoms with Gasteiger partial charge < -0.3 is 4.74 Å². The van der Waals surface area contributed by atoms with Gasteiger partial charge in [-0.15, -0.1) is 11.3 Å². The molecule has 0 bridgehead atoms. The molecule has 6 nitrogen and oxygen atoms in total. The first-order valence-electron chi connectivity index (χ1n) is 5.83. The van der Waals surface area contributed by atoms with Crippen molar-refractivity contribution >= 4 is 28.3 Å². The van der Waals surface area contributed by atoms with E-state index in [-0.39, 0.29) is 18.3 Å². The number of amides is 1. The molecule has 2 heterocycles. The zero-order valence-corrected chi connectivity index (χ0v) is 11.9. The summed E-state index contributed by atoms with van der Waals surface area (Å²) >= 11 is 1.26. The van der Waals surface area contributed by atoms with Gasteiger partial charge in [-0.25, -0.2) is 4.98 Å². The maximum absolute atomic E-state index is 11.9. The van der Waals surface area contributed by atoms with E-state index in [2.05, 4.69) is 20.0 Å². The fourth-order valence-electron chi connectivity index (χ4n) is 1.44. The molecule has 2 aromatic heterocycles. The van der Waals surface area contributed by atoms with E-state index in [0.29, 0.717) is 16.4 Å². The molecule has 0 aromatic carbocycles. The fourth-order valence-corrected chi connectivity index (χ4v) is 2.14. The van der Waals surface area contributed by atoms with Gasteiger partial charge in [0.05, 0.1) is 24.8 Å². The van der Waals surface area contributed by atoms with Gasteiger partial charge in [0.1, 0.15) is 0 Å². The van der Waals surface area contributed by atoms with Gasteiger partial charge in [0.15, 0.2) is 5.13 Å². The fraction of sp³-hybridized carbons (Fsp3) is 0.231. The molecule has 1 N–H and O–H groups in total. The summed E-state index contributed by atoms with van der Waals surface area (Å²) in [7, 11) is 1.32. The topological polar surface area (TPSA) is 81.2 Å². The van der Waals surface area contributed by atoms with Crippen LogP contribution in [0.3, 0.4) is 0 Å². The van der Waals surface area contributed by atoms with Crippen LogP contribution in [0.5, 0.6) is 0 Å². The maximum atomic E-state index is 11.9. The number of ether oxygens (including phenoxy) is 1. The smallest absolute Gasteiger partial charge is 0.311 e. The summed E-state index contributed by atoms with van der Waals surface area (Å²) in [5.74, 6) is -0.646. The lowest BCUT2D eigenvalue weighted by molar-refractivity contribution is -0.139. The van der Waals surface area contributed by atoms with Gasteiger partial charge in [0, 0.05) is 17.3 Å². The number of pyridine rings is 1. The molecular formula is C13H13N3O3S. The Morgan fingerprint density at radius 2 is 2.20 bits per heavy atom. The summed E-state index contributed by atoms with van der Waals surface area (Å²) in [4.78, 5) is 31.3. The summed E-state index contributed by atoms with van der Waals surface area (Å²) in [5.41, 5.74) is 1.87. The van der Waals surface area contributed by atoms with Gasteiger partial charge in [-0.3, -0.25) is 19.9 Å². The normalized spacial score (nSPS) is 10.1. The Hall–Kier alpha value is -2.28. The van der Waals surface area contributed by atoms with E-state index in [1.54, 1.807) is 17.5 Å². The number of hydrogen-bond donors (Lipinski definition) is 1. The van der Waals surface area contributed by atoms with E-state index in [9.17, 15) is 9.59 Å². The number of thiazole rings is 1. The number of carbonyl (C=O) groups excluding carboxylic acids is 2. The van der Waals surface area contributed by atoms with Crippen LogP contribution in [0, 0.1) is 6.92 Å². The predicted octanol–water partition coefficient (Wildman–Crippen LogP) is 1.81. The molecule has 7 heteroatoms. The first-order chi connectivity index (χ1) is 9.58. The second-order valence-electron chi connectivity index (χ2n) is 4.04. The van der Waals surface area contributed by atoms with Crippen molar-refractivity contribution in [2.75, 3.05) is 12.4 Å². The number of rotatable bonds is 4. The highest BCUT2D eigenvalue weighted by Crippen LogP contribution is 2.17.